The molecular formula is C34H55N5O3. The second-order valence-corrected chi connectivity index (χ2v) is 13.9. The average molecular weight is 582 g/mol. The third-order valence-corrected chi connectivity index (χ3v) is 8.41. The molecular weight excluding hydrogens is 526 g/mol. The number of aromatic nitrogens is 1. The first-order valence-corrected chi connectivity index (χ1v) is 15.2. The normalized spacial score (nSPS) is 15.7. The number of benzene rings is 1. The van der Waals surface area contributed by atoms with Crippen molar-refractivity contribution < 1.29 is 14.4 Å². The highest BCUT2D eigenvalue weighted by atomic mass is 16.2. The van der Waals surface area contributed by atoms with Gasteiger partial charge in [0.2, 0.25) is 17.7 Å². The van der Waals surface area contributed by atoms with Gasteiger partial charge in [-0.15, -0.1) is 0 Å². The molecule has 0 aliphatic heterocycles. The third kappa shape index (κ3) is 8.03. The number of nitrogens with two attached hydrogens (primary N) is 1. The zero-order valence-corrected chi connectivity index (χ0v) is 28.0. The number of fused-ring (bicyclic) bond motifs is 1. The van der Waals surface area contributed by atoms with Crippen LogP contribution in [0.25, 0.3) is 10.9 Å². The quantitative estimate of drug-likeness (QED) is 0.305. The minimum Gasteiger partial charge on any atom is -0.350 e. The Balaban J connectivity index is 2.33. The second-order valence-electron chi connectivity index (χ2n) is 13.9. The summed E-state index contributed by atoms with van der Waals surface area (Å²) >= 11 is 0. The van der Waals surface area contributed by atoms with Gasteiger partial charge in [0.25, 0.3) is 0 Å². The lowest BCUT2D eigenvalue weighted by Crippen LogP contribution is -2.61. The summed E-state index contributed by atoms with van der Waals surface area (Å²) < 4.78 is 2.04. The Morgan fingerprint density at radius 3 is 2.19 bits per heavy atom. The first kappa shape index (κ1) is 35.1. The van der Waals surface area contributed by atoms with Crippen LogP contribution < -0.4 is 16.4 Å². The number of likely N-dealkylation sites (N-methyl/N-ethyl adjacent to an activating group) is 1. The SMILES string of the molecule is CCC[C@@H](C)NC(=O)/C(C)=C/[C@H](C(C)C)N(C)C(=O)[C@@H](NC(=O)[C@@H](N)C(C)(C)c1cn(C)c2ccccc12)C(C)(C)C. The summed E-state index contributed by atoms with van der Waals surface area (Å²) in [7, 11) is 3.72. The Bertz CT molecular complexity index is 1280. The molecule has 0 aliphatic carbocycles. The summed E-state index contributed by atoms with van der Waals surface area (Å²) in [6.07, 6.45) is 5.77. The van der Waals surface area contributed by atoms with Crippen molar-refractivity contribution in [1.82, 2.24) is 20.1 Å². The molecule has 3 amide bonds. The van der Waals surface area contributed by atoms with Crippen LogP contribution in [0.5, 0.6) is 0 Å². The molecule has 0 bridgehead atoms. The van der Waals surface area contributed by atoms with Crippen molar-refractivity contribution in [2.24, 2.45) is 24.1 Å². The van der Waals surface area contributed by atoms with Crippen molar-refractivity contribution in [3.8, 4) is 0 Å². The first-order chi connectivity index (χ1) is 19.3. The molecule has 4 atom stereocenters. The molecule has 234 valence electrons. The molecule has 1 aromatic carbocycles. The first-order valence-electron chi connectivity index (χ1n) is 15.2. The highest BCUT2D eigenvalue weighted by Gasteiger charge is 2.41. The number of nitrogens with one attached hydrogen (secondary N) is 2. The molecule has 1 aromatic heterocycles. The Morgan fingerprint density at radius 2 is 1.64 bits per heavy atom. The molecule has 8 heteroatoms. The second kappa shape index (κ2) is 13.9. The van der Waals surface area contributed by atoms with Gasteiger partial charge >= 0.3 is 0 Å². The van der Waals surface area contributed by atoms with E-state index in [2.05, 4.69) is 17.6 Å². The van der Waals surface area contributed by atoms with E-state index in [0.717, 1.165) is 29.3 Å². The molecule has 0 aliphatic rings. The standard InChI is InChI=1S/C34H55N5O3/c1-13-16-23(5)36-30(40)22(4)19-27(21(2)3)39(12)32(42)29(33(6,7)8)37-31(41)28(35)34(9,10)25-20-38(11)26-18-15-14-17-24(25)26/h14-15,17-21,23,27-29H,13,16,35H2,1-12H3,(H,36,40)(H,37,41)/b22-19+/t23-,27-,28-,29-/m1/s1. The molecule has 4 N–H and O–H groups in total. The number of rotatable bonds is 12. The summed E-state index contributed by atoms with van der Waals surface area (Å²) in [4.78, 5) is 42.3. The van der Waals surface area contributed by atoms with Crippen LogP contribution in [-0.4, -0.2) is 58.4 Å². The highest BCUT2D eigenvalue weighted by Crippen LogP contribution is 2.34. The lowest BCUT2D eigenvalue weighted by molar-refractivity contribution is -0.140. The molecule has 0 unspecified atom stereocenters. The van der Waals surface area contributed by atoms with Crippen molar-refractivity contribution in [3.63, 3.8) is 0 Å². The minimum absolute atomic E-state index is 0.0404. The maximum absolute atomic E-state index is 14.0. The predicted octanol–water partition coefficient (Wildman–Crippen LogP) is 5.05. The average Bonchev–Trinajstić information content (AvgIpc) is 3.25. The fraction of sp³-hybridized carbons (Fsp3) is 0.618. The number of amides is 3. The Kier molecular flexibility index (Phi) is 11.6. The lowest BCUT2D eigenvalue weighted by Gasteiger charge is -2.39. The Hall–Kier alpha value is -3.13. The zero-order valence-electron chi connectivity index (χ0n) is 28.0. The number of aryl methyl sites for hydroxylation is 1. The van der Waals surface area contributed by atoms with Crippen molar-refractivity contribution >= 4 is 28.6 Å². The van der Waals surface area contributed by atoms with Crippen LogP contribution in [0.4, 0.5) is 0 Å². The Labute approximate surface area is 253 Å². The van der Waals surface area contributed by atoms with E-state index in [0.29, 0.717) is 5.57 Å². The van der Waals surface area contributed by atoms with Gasteiger partial charge in [0.15, 0.2) is 0 Å². The molecule has 2 aromatic rings. The van der Waals surface area contributed by atoms with Crippen molar-refractivity contribution in [3.05, 3.63) is 47.7 Å². The third-order valence-electron chi connectivity index (χ3n) is 8.41. The predicted molar refractivity (Wildman–Crippen MR) is 173 cm³/mol. The number of nitrogens with zero attached hydrogens (tertiary/aromatic N) is 2. The summed E-state index contributed by atoms with van der Waals surface area (Å²) in [5.74, 6) is -0.705. The van der Waals surface area contributed by atoms with E-state index in [4.69, 9.17) is 5.73 Å². The van der Waals surface area contributed by atoms with Crippen LogP contribution in [0, 0.1) is 11.3 Å². The molecule has 0 fully saturated rings. The van der Waals surface area contributed by atoms with E-state index in [-0.39, 0.29) is 35.7 Å². The van der Waals surface area contributed by atoms with E-state index in [1.807, 2.05) is 104 Å². The fourth-order valence-electron chi connectivity index (χ4n) is 5.51. The van der Waals surface area contributed by atoms with E-state index in [1.54, 1.807) is 18.9 Å². The van der Waals surface area contributed by atoms with E-state index >= 15 is 0 Å². The smallest absolute Gasteiger partial charge is 0.246 e. The molecule has 0 saturated heterocycles. The van der Waals surface area contributed by atoms with Crippen LogP contribution in [0.15, 0.2) is 42.1 Å². The monoisotopic (exact) mass is 581 g/mol. The number of carbonyl (C=O) groups is 3. The van der Waals surface area contributed by atoms with Crippen LogP contribution >= 0.6 is 0 Å². The van der Waals surface area contributed by atoms with Gasteiger partial charge in [0.05, 0.1) is 12.1 Å². The van der Waals surface area contributed by atoms with Crippen LogP contribution in [0.3, 0.4) is 0 Å². The molecule has 42 heavy (non-hydrogen) atoms. The van der Waals surface area contributed by atoms with Gasteiger partial charge in [0, 0.05) is 48.2 Å². The maximum Gasteiger partial charge on any atom is 0.246 e. The van der Waals surface area contributed by atoms with Gasteiger partial charge in [-0.2, -0.15) is 0 Å². The van der Waals surface area contributed by atoms with Gasteiger partial charge in [-0.25, -0.2) is 0 Å². The molecule has 2 rings (SSSR count). The van der Waals surface area contributed by atoms with E-state index in [9.17, 15) is 14.4 Å². The number of carbonyl (C=O) groups excluding carboxylic acids is 3. The van der Waals surface area contributed by atoms with E-state index < -0.39 is 22.9 Å². The largest absolute Gasteiger partial charge is 0.350 e. The molecule has 1 heterocycles. The molecule has 0 spiro atoms. The van der Waals surface area contributed by atoms with E-state index in [1.165, 1.54) is 0 Å². The van der Waals surface area contributed by atoms with Crippen LogP contribution in [0.2, 0.25) is 0 Å². The van der Waals surface area contributed by atoms with Crippen LogP contribution in [-0.2, 0) is 26.8 Å². The van der Waals surface area contributed by atoms with Gasteiger partial charge in [-0.1, -0.05) is 86.1 Å². The summed E-state index contributed by atoms with van der Waals surface area (Å²) in [6.45, 7) is 19.6. The number of hydrogen-bond donors (Lipinski definition) is 3. The Morgan fingerprint density at radius 1 is 1.05 bits per heavy atom. The van der Waals surface area contributed by atoms with Gasteiger partial charge < -0.3 is 25.8 Å². The van der Waals surface area contributed by atoms with Crippen molar-refractivity contribution in [2.45, 2.75) is 112 Å². The fourth-order valence-corrected chi connectivity index (χ4v) is 5.51. The highest BCUT2D eigenvalue weighted by molar-refractivity contribution is 5.94. The lowest BCUT2D eigenvalue weighted by atomic mass is 9.77. The van der Waals surface area contributed by atoms with Gasteiger partial charge in [-0.3, -0.25) is 14.4 Å². The van der Waals surface area contributed by atoms with Crippen LogP contribution in [0.1, 0.15) is 87.6 Å². The molecule has 0 radical (unpaired) electrons. The molecule has 0 saturated carbocycles. The number of hydrogen-bond acceptors (Lipinski definition) is 4. The van der Waals surface area contributed by atoms with Crippen molar-refractivity contribution in [2.75, 3.05) is 7.05 Å². The summed E-state index contributed by atoms with van der Waals surface area (Å²) in [5, 5.41) is 7.10. The van der Waals surface area contributed by atoms with Crippen molar-refractivity contribution in [1.29, 1.82) is 0 Å². The van der Waals surface area contributed by atoms with Gasteiger partial charge in [-0.05, 0) is 43.2 Å². The minimum atomic E-state index is -0.900. The topological polar surface area (TPSA) is 109 Å². The maximum atomic E-state index is 14.0. The summed E-state index contributed by atoms with van der Waals surface area (Å²) in [6, 6.07) is 6.07. The zero-order chi connectivity index (χ0) is 32.2. The number of para-hydroxylation sites is 1. The molecule has 8 nitrogen and oxygen atoms in total. The van der Waals surface area contributed by atoms with Gasteiger partial charge in [0.1, 0.15) is 6.04 Å². The summed E-state index contributed by atoms with van der Waals surface area (Å²) in [5.41, 5.74) is 7.98.